The Kier molecular flexibility index (Phi) is 7.67. The van der Waals surface area contributed by atoms with Crippen molar-refractivity contribution < 1.29 is 9.90 Å². The van der Waals surface area contributed by atoms with Gasteiger partial charge in [-0.1, -0.05) is 29.3 Å². The molecule has 0 bridgehead atoms. The number of aliphatic carboxylic acids is 1. The summed E-state index contributed by atoms with van der Waals surface area (Å²) in [5, 5.41) is 12.3. The van der Waals surface area contributed by atoms with Gasteiger partial charge in [-0.25, -0.2) is 4.99 Å². The molecule has 0 spiro atoms. The molecule has 3 aromatic rings. The SMILES string of the molecule is CC(=O)O.CN(C)c1ccc2c(c1)N=C1C=C(Nc3ccc(Cl)cc3)CC=C1N2c1ccc(Cl)cc1. The second-order valence-corrected chi connectivity index (χ2v) is 9.36. The summed E-state index contributed by atoms with van der Waals surface area (Å²) in [5.41, 5.74) is 8.21. The Morgan fingerprint density at radius 3 is 2.22 bits per heavy atom. The number of allylic oxidation sites excluding steroid dienone is 2. The van der Waals surface area contributed by atoms with Crippen molar-refractivity contribution >= 4 is 63.3 Å². The molecule has 0 aromatic heterocycles. The minimum atomic E-state index is -0.833. The predicted molar refractivity (Wildman–Crippen MR) is 151 cm³/mol. The molecule has 3 aromatic carbocycles. The first-order valence-corrected chi connectivity index (χ1v) is 12.1. The van der Waals surface area contributed by atoms with E-state index in [0.717, 1.165) is 68.9 Å². The van der Waals surface area contributed by atoms with Gasteiger partial charge in [0.15, 0.2) is 0 Å². The molecule has 8 heteroatoms. The minimum Gasteiger partial charge on any atom is -0.481 e. The Morgan fingerprint density at radius 1 is 1.00 bits per heavy atom. The van der Waals surface area contributed by atoms with Gasteiger partial charge in [0.1, 0.15) is 0 Å². The van der Waals surface area contributed by atoms with E-state index in [2.05, 4.69) is 45.5 Å². The summed E-state index contributed by atoms with van der Waals surface area (Å²) in [4.78, 5) is 18.4. The summed E-state index contributed by atoms with van der Waals surface area (Å²) in [6, 6.07) is 22.0. The third-order valence-electron chi connectivity index (χ3n) is 5.52. The normalized spacial score (nSPS) is 13.7. The van der Waals surface area contributed by atoms with Crippen molar-refractivity contribution in [1.29, 1.82) is 0 Å². The highest BCUT2D eigenvalue weighted by Gasteiger charge is 2.28. The van der Waals surface area contributed by atoms with Gasteiger partial charge >= 0.3 is 0 Å². The number of carbonyl (C=O) groups is 1. The molecule has 5 rings (SSSR count). The van der Waals surface area contributed by atoms with E-state index in [1.54, 1.807) is 0 Å². The number of nitrogens with one attached hydrogen (secondary N) is 1. The minimum absolute atomic E-state index is 0.717. The number of hydrogen-bond acceptors (Lipinski definition) is 5. The van der Waals surface area contributed by atoms with E-state index in [1.807, 2.05) is 62.6 Å². The molecular formula is C28H26Cl2N4O2. The Bertz CT molecular complexity index is 1360. The smallest absolute Gasteiger partial charge is 0.300 e. The number of benzene rings is 3. The first-order chi connectivity index (χ1) is 17.2. The van der Waals surface area contributed by atoms with E-state index < -0.39 is 5.97 Å². The van der Waals surface area contributed by atoms with Crippen LogP contribution in [0.15, 0.2) is 95.3 Å². The summed E-state index contributed by atoms with van der Waals surface area (Å²) in [5.74, 6) is -0.833. The lowest BCUT2D eigenvalue weighted by Gasteiger charge is -2.34. The Labute approximate surface area is 220 Å². The van der Waals surface area contributed by atoms with Gasteiger partial charge in [0.25, 0.3) is 5.97 Å². The van der Waals surface area contributed by atoms with E-state index in [4.69, 9.17) is 38.1 Å². The molecular weight excluding hydrogens is 495 g/mol. The van der Waals surface area contributed by atoms with Crippen molar-refractivity contribution in [3.05, 3.63) is 100 Å². The third-order valence-corrected chi connectivity index (χ3v) is 6.02. The summed E-state index contributed by atoms with van der Waals surface area (Å²) in [6.45, 7) is 1.08. The molecule has 0 saturated carbocycles. The zero-order valence-corrected chi connectivity index (χ0v) is 21.7. The van der Waals surface area contributed by atoms with Crippen LogP contribution in [-0.2, 0) is 4.79 Å². The highest BCUT2D eigenvalue weighted by Crippen LogP contribution is 2.44. The maximum absolute atomic E-state index is 9.00. The molecule has 0 amide bonds. The summed E-state index contributed by atoms with van der Waals surface area (Å²) in [7, 11) is 4.07. The molecule has 0 saturated heterocycles. The second-order valence-electron chi connectivity index (χ2n) is 8.49. The number of carboxylic acid groups (broad SMARTS) is 1. The molecule has 1 heterocycles. The molecule has 2 aliphatic rings. The highest BCUT2D eigenvalue weighted by molar-refractivity contribution is 6.31. The van der Waals surface area contributed by atoms with Crippen molar-refractivity contribution in [2.75, 3.05) is 29.2 Å². The van der Waals surface area contributed by atoms with Gasteiger partial charge in [-0.2, -0.15) is 0 Å². The Hall–Kier alpha value is -3.74. The van der Waals surface area contributed by atoms with Gasteiger partial charge in [-0.15, -0.1) is 0 Å². The van der Waals surface area contributed by atoms with Crippen LogP contribution in [0, 0.1) is 0 Å². The van der Waals surface area contributed by atoms with Crippen molar-refractivity contribution in [2.45, 2.75) is 13.3 Å². The Morgan fingerprint density at radius 2 is 1.61 bits per heavy atom. The van der Waals surface area contributed by atoms with Gasteiger partial charge in [0.2, 0.25) is 0 Å². The van der Waals surface area contributed by atoms with Crippen molar-refractivity contribution in [1.82, 2.24) is 0 Å². The van der Waals surface area contributed by atoms with Crippen LogP contribution in [0.4, 0.5) is 28.4 Å². The fourth-order valence-electron chi connectivity index (χ4n) is 3.91. The van der Waals surface area contributed by atoms with Crippen LogP contribution >= 0.6 is 23.2 Å². The zero-order valence-electron chi connectivity index (χ0n) is 20.2. The lowest BCUT2D eigenvalue weighted by Crippen LogP contribution is -2.27. The number of rotatable bonds is 4. The first-order valence-electron chi connectivity index (χ1n) is 11.3. The maximum atomic E-state index is 9.00. The van der Waals surface area contributed by atoms with Crippen molar-refractivity contribution in [3.63, 3.8) is 0 Å². The molecule has 0 radical (unpaired) electrons. The van der Waals surface area contributed by atoms with Crippen LogP contribution in [0.3, 0.4) is 0 Å². The zero-order chi connectivity index (χ0) is 25.8. The van der Waals surface area contributed by atoms with Gasteiger partial charge in [0, 0.05) is 60.2 Å². The predicted octanol–water partition coefficient (Wildman–Crippen LogP) is 7.66. The standard InChI is InChI=1S/C26H22Cl2N4.C2H4O2/c1-31(2)22-12-14-26-24(16-22)30-23-15-20(29-19-7-3-17(27)4-8-19)9-13-25(23)32(26)21-10-5-18(28)6-11-21;1-2(3)4/h3-8,10-16,29H,9H2,1-2H3;1H3,(H,3,4). The van der Waals surface area contributed by atoms with Crippen molar-refractivity contribution in [3.8, 4) is 0 Å². The fourth-order valence-corrected chi connectivity index (χ4v) is 4.16. The molecule has 0 unspecified atom stereocenters. The van der Waals surface area contributed by atoms with Crippen LogP contribution in [-0.4, -0.2) is 30.9 Å². The lowest BCUT2D eigenvalue weighted by molar-refractivity contribution is -0.134. The Balaban J connectivity index is 0.000000709. The molecule has 1 aliphatic heterocycles. The van der Waals surface area contributed by atoms with Crippen LogP contribution in [0.25, 0.3) is 0 Å². The molecule has 2 N–H and O–H groups in total. The average molecular weight is 521 g/mol. The van der Waals surface area contributed by atoms with E-state index in [1.165, 1.54) is 0 Å². The van der Waals surface area contributed by atoms with Crippen LogP contribution in [0.5, 0.6) is 0 Å². The number of fused-ring (bicyclic) bond motifs is 2. The van der Waals surface area contributed by atoms with Crippen LogP contribution in [0.2, 0.25) is 10.0 Å². The number of carboxylic acids is 1. The van der Waals surface area contributed by atoms with Gasteiger partial charge in [0.05, 0.1) is 22.8 Å². The molecule has 0 atom stereocenters. The third kappa shape index (κ3) is 5.90. The fraction of sp³-hybridized carbons (Fsp3) is 0.143. The number of aliphatic imine (C=N–C) groups is 1. The first kappa shape index (κ1) is 25.4. The number of hydrogen-bond donors (Lipinski definition) is 2. The average Bonchev–Trinajstić information content (AvgIpc) is 2.84. The lowest BCUT2D eigenvalue weighted by atomic mass is 10.0. The number of nitrogens with zero attached hydrogens (tertiary/aromatic N) is 3. The van der Waals surface area contributed by atoms with E-state index >= 15 is 0 Å². The molecule has 36 heavy (non-hydrogen) atoms. The van der Waals surface area contributed by atoms with Crippen LogP contribution < -0.4 is 15.1 Å². The van der Waals surface area contributed by atoms with Crippen molar-refractivity contribution in [2.24, 2.45) is 4.99 Å². The second kappa shape index (κ2) is 10.9. The molecule has 184 valence electrons. The summed E-state index contributed by atoms with van der Waals surface area (Å²) in [6.07, 6.45) is 5.11. The molecule has 6 nitrogen and oxygen atoms in total. The summed E-state index contributed by atoms with van der Waals surface area (Å²) < 4.78 is 0. The van der Waals surface area contributed by atoms with E-state index in [0.29, 0.717) is 0 Å². The van der Waals surface area contributed by atoms with Gasteiger partial charge < -0.3 is 20.2 Å². The van der Waals surface area contributed by atoms with E-state index in [-0.39, 0.29) is 0 Å². The van der Waals surface area contributed by atoms with E-state index in [9.17, 15) is 0 Å². The monoisotopic (exact) mass is 520 g/mol. The summed E-state index contributed by atoms with van der Waals surface area (Å²) >= 11 is 12.2. The molecule has 1 aliphatic carbocycles. The number of anilines is 4. The highest BCUT2D eigenvalue weighted by atomic mass is 35.5. The van der Waals surface area contributed by atoms with Crippen LogP contribution in [0.1, 0.15) is 13.3 Å². The molecule has 0 fully saturated rings. The quantitative estimate of drug-likeness (QED) is 0.369. The largest absolute Gasteiger partial charge is 0.481 e. The van der Waals surface area contributed by atoms with Gasteiger partial charge in [-0.05, 0) is 72.8 Å². The van der Waals surface area contributed by atoms with Gasteiger partial charge in [-0.3, -0.25) is 4.79 Å². The topological polar surface area (TPSA) is 68.2 Å². The number of halogens is 2. The maximum Gasteiger partial charge on any atom is 0.300 e.